The predicted molar refractivity (Wildman–Crippen MR) is 75.4 cm³/mol. The van der Waals surface area contributed by atoms with Crippen molar-refractivity contribution in [2.75, 3.05) is 19.7 Å². The highest BCUT2D eigenvalue weighted by Gasteiger charge is 2.29. The maximum Gasteiger partial charge on any atom is 0.328 e. The van der Waals surface area contributed by atoms with E-state index in [0.29, 0.717) is 19.0 Å². The van der Waals surface area contributed by atoms with Crippen molar-refractivity contribution in [2.45, 2.75) is 46.1 Å². The van der Waals surface area contributed by atoms with Gasteiger partial charge in [-0.05, 0) is 30.6 Å². The first-order valence-electron chi connectivity index (χ1n) is 7.14. The molecule has 0 aromatic rings. The summed E-state index contributed by atoms with van der Waals surface area (Å²) >= 11 is 0. The Kier molecular flexibility index (Phi) is 5.80. The van der Waals surface area contributed by atoms with E-state index in [0.717, 1.165) is 19.3 Å². The number of urea groups is 1. The molecule has 6 heteroatoms. The summed E-state index contributed by atoms with van der Waals surface area (Å²) in [5, 5.41) is 20.1. The second-order valence-corrected chi connectivity index (χ2v) is 6.50. The van der Waals surface area contributed by atoms with Gasteiger partial charge in [0.05, 0.1) is 6.61 Å². The third kappa shape index (κ3) is 4.67. The summed E-state index contributed by atoms with van der Waals surface area (Å²) in [5.74, 6) is -0.656. The van der Waals surface area contributed by atoms with Gasteiger partial charge in [-0.3, -0.25) is 0 Å². The van der Waals surface area contributed by atoms with Crippen molar-refractivity contribution in [3.8, 4) is 0 Å². The van der Waals surface area contributed by atoms with Crippen LogP contribution in [-0.2, 0) is 4.79 Å². The molecule has 0 bridgehead atoms. The Bertz CT molecular complexity index is 352. The summed E-state index contributed by atoms with van der Waals surface area (Å²) in [7, 11) is 0. The maximum absolute atomic E-state index is 12.0. The van der Waals surface area contributed by atoms with Crippen LogP contribution < -0.4 is 5.32 Å². The highest BCUT2D eigenvalue weighted by atomic mass is 16.4. The molecule has 1 fully saturated rings. The Balaban J connectivity index is 2.56. The topological polar surface area (TPSA) is 89.9 Å². The van der Waals surface area contributed by atoms with Crippen molar-refractivity contribution >= 4 is 12.0 Å². The third-order valence-electron chi connectivity index (χ3n) is 4.02. The molecule has 6 nitrogen and oxygen atoms in total. The molecule has 0 radical (unpaired) electrons. The summed E-state index contributed by atoms with van der Waals surface area (Å²) in [6, 6.07) is -1.63. The van der Waals surface area contributed by atoms with E-state index in [2.05, 4.69) is 26.1 Å². The van der Waals surface area contributed by atoms with Gasteiger partial charge in [-0.25, -0.2) is 9.59 Å². The van der Waals surface area contributed by atoms with E-state index in [1.165, 1.54) is 0 Å². The second kappa shape index (κ2) is 6.92. The van der Waals surface area contributed by atoms with Gasteiger partial charge in [0, 0.05) is 13.1 Å². The van der Waals surface area contributed by atoms with Gasteiger partial charge in [0.1, 0.15) is 0 Å². The summed E-state index contributed by atoms with van der Waals surface area (Å²) in [5.41, 5.74) is 0.223. The lowest BCUT2D eigenvalue weighted by Gasteiger charge is -2.29. The van der Waals surface area contributed by atoms with Crippen LogP contribution in [0.5, 0.6) is 0 Å². The van der Waals surface area contributed by atoms with E-state index in [9.17, 15) is 9.59 Å². The van der Waals surface area contributed by atoms with Crippen LogP contribution in [0.2, 0.25) is 0 Å². The van der Waals surface area contributed by atoms with E-state index in [1.807, 2.05) is 0 Å². The van der Waals surface area contributed by atoms with Crippen molar-refractivity contribution in [1.82, 2.24) is 10.2 Å². The number of nitrogens with one attached hydrogen (secondary N) is 1. The lowest BCUT2D eigenvalue weighted by molar-refractivity contribution is -0.140. The predicted octanol–water partition coefficient (Wildman–Crippen LogP) is 1.29. The van der Waals surface area contributed by atoms with Gasteiger partial charge < -0.3 is 20.4 Å². The maximum atomic E-state index is 12.0. The zero-order valence-corrected chi connectivity index (χ0v) is 12.6. The number of nitrogens with zero attached hydrogens (tertiary/aromatic N) is 1. The van der Waals surface area contributed by atoms with Gasteiger partial charge >= 0.3 is 12.0 Å². The molecule has 1 aliphatic heterocycles. The number of aliphatic hydroxyl groups excluding tert-OH is 1. The van der Waals surface area contributed by atoms with Crippen LogP contribution in [0.4, 0.5) is 4.79 Å². The summed E-state index contributed by atoms with van der Waals surface area (Å²) < 4.78 is 0. The minimum atomic E-state index is -1.23. The van der Waals surface area contributed by atoms with Crippen LogP contribution >= 0.6 is 0 Å². The van der Waals surface area contributed by atoms with Crippen LogP contribution in [0, 0.1) is 11.3 Å². The van der Waals surface area contributed by atoms with Crippen molar-refractivity contribution in [3.63, 3.8) is 0 Å². The fourth-order valence-electron chi connectivity index (χ4n) is 2.59. The average Bonchev–Trinajstić information content (AvgIpc) is 2.60. The molecular weight excluding hydrogens is 260 g/mol. The van der Waals surface area contributed by atoms with Crippen LogP contribution in [0.25, 0.3) is 0 Å². The van der Waals surface area contributed by atoms with E-state index in [1.54, 1.807) is 4.90 Å². The van der Waals surface area contributed by atoms with E-state index in [4.69, 9.17) is 10.2 Å². The molecule has 2 amide bonds. The molecule has 1 aliphatic rings. The van der Waals surface area contributed by atoms with Crippen molar-refractivity contribution in [2.24, 2.45) is 11.3 Å². The number of aliphatic carboxylic acids is 1. The van der Waals surface area contributed by atoms with Crippen LogP contribution in [0.3, 0.4) is 0 Å². The number of carboxylic acids is 1. The highest BCUT2D eigenvalue weighted by molar-refractivity contribution is 5.82. The minimum absolute atomic E-state index is 0.223. The van der Waals surface area contributed by atoms with Crippen LogP contribution in [0.1, 0.15) is 40.0 Å². The Morgan fingerprint density at radius 3 is 2.45 bits per heavy atom. The molecule has 2 atom stereocenters. The third-order valence-corrected chi connectivity index (χ3v) is 4.02. The molecule has 3 N–H and O–H groups in total. The molecule has 20 heavy (non-hydrogen) atoms. The lowest BCUT2D eigenvalue weighted by Crippen LogP contribution is -2.49. The molecular formula is C14H26N2O4. The summed E-state index contributed by atoms with van der Waals surface area (Å²) in [6.07, 6.45) is 2.93. The standard InChI is InChI=1S/C14H26N2O4/c1-14(2,3)10-5-4-7-16(8-6-10)13(20)15-11(9-17)12(18)19/h10-11,17H,4-9H2,1-3H3,(H,15,20)(H,18,19)/t10?,11-/m1/s1. The average molecular weight is 286 g/mol. The number of aliphatic hydroxyl groups is 1. The highest BCUT2D eigenvalue weighted by Crippen LogP contribution is 2.34. The summed E-state index contributed by atoms with van der Waals surface area (Å²) in [4.78, 5) is 24.5. The number of likely N-dealkylation sites (tertiary alicyclic amines) is 1. The van der Waals surface area contributed by atoms with Crippen molar-refractivity contribution in [1.29, 1.82) is 0 Å². The van der Waals surface area contributed by atoms with Crippen molar-refractivity contribution in [3.05, 3.63) is 0 Å². The molecule has 1 rings (SSSR count). The Morgan fingerprint density at radius 2 is 1.95 bits per heavy atom. The number of carboxylic acid groups (broad SMARTS) is 1. The first kappa shape index (κ1) is 16.8. The fourth-order valence-corrected chi connectivity index (χ4v) is 2.59. The Hall–Kier alpha value is -1.30. The second-order valence-electron chi connectivity index (χ2n) is 6.50. The molecule has 0 aromatic heterocycles. The SMILES string of the molecule is CC(C)(C)C1CCCN(C(=O)N[C@H](CO)C(=O)O)CC1. The number of carbonyl (C=O) groups is 2. The molecule has 1 unspecified atom stereocenters. The van der Waals surface area contributed by atoms with Crippen LogP contribution in [0.15, 0.2) is 0 Å². The molecule has 1 saturated heterocycles. The molecule has 0 spiro atoms. The first-order chi connectivity index (χ1) is 9.25. The van der Waals surface area contributed by atoms with Gasteiger partial charge in [-0.1, -0.05) is 20.8 Å². The Morgan fingerprint density at radius 1 is 1.30 bits per heavy atom. The zero-order chi connectivity index (χ0) is 15.3. The molecule has 1 heterocycles. The number of rotatable bonds is 3. The van der Waals surface area contributed by atoms with E-state index >= 15 is 0 Å². The van der Waals surface area contributed by atoms with Crippen molar-refractivity contribution < 1.29 is 19.8 Å². The smallest absolute Gasteiger partial charge is 0.328 e. The number of hydrogen-bond acceptors (Lipinski definition) is 3. The lowest BCUT2D eigenvalue weighted by atomic mass is 9.77. The molecule has 0 aliphatic carbocycles. The number of hydrogen-bond donors (Lipinski definition) is 3. The van der Waals surface area contributed by atoms with Gasteiger partial charge in [0.25, 0.3) is 0 Å². The first-order valence-corrected chi connectivity index (χ1v) is 7.14. The van der Waals surface area contributed by atoms with Crippen LogP contribution in [-0.4, -0.2) is 52.9 Å². The molecule has 0 aromatic carbocycles. The van der Waals surface area contributed by atoms with Gasteiger partial charge in [0.2, 0.25) is 0 Å². The largest absolute Gasteiger partial charge is 0.480 e. The zero-order valence-electron chi connectivity index (χ0n) is 12.6. The van der Waals surface area contributed by atoms with E-state index < -0.39 is 24.6 Å². The fraction of sp³-hybridized carbons (Fsp3) is 0.857. The number of amides is 2. The molecule has 116 valence electrons. The monoisotopic (exact) mass is 286 g/mol. The summed E-state index contributed by atoms with van der Waals surface area (Å²) in [6.45, 7) is 7.29. The normalized spacial score (nSPS) is 22.0. The van der Waals surface area contributed by atoms with Gasteiger partial charge in [-0.15, -0.1) is 0 Å². The minimum Gasteiger partial charge on any atom is -0.480 e. The van der Waals surface area contributed by atoms with E-state index in [-0.39, 0.29) is 5.41 Å². The molecule has 0 saturated carbocycles. The van der Waals surface area contributed by atoms with Gasteiger partial charge in [0.15, 0.2) is 6.04 Å². The Labute approximate surface area is 120 Å². The quantitative estimate of drug-likeness (QED) is 0.729. The van der Waals surface area contributed by atoms with Gasteiger partial charge in [-0.2, -0.15) is 0 Å². The number of carbonyl (C=O) groups excluding carboxylic acids is 1.